The zero-order valence-corrected chi connectivity index (χ0v) is 16.1. The molecule has 1 unspecified atom stereocenters. The van der Waals surface area contributed by atoms with Crippen LogP contribution >= 0.6 is 11.6 Å². The number of rotatable bonds is 5. The molecule has 1 saturated heterocycles. The number of hydrogen-bond acceptors (Lipinski definition) is 4. The standard InChI is InChI=1S/C20H25ClN2O3/c1-3-17-6-4-5-9-22(17)12-15-10-14-7-8-16(21)11-18(14)23(20(15)25)13-19(24)26-2/h7-8,10-11,17H,3-6,9,12-13H2,1-2H3. The van der Waals surface area contributed by atoms with Crippen LogP contribution in [0.1, 0.15) is 38.2 Å². The van der Waals surface area contributed by atoms with Crippen molar-refractivity contribution in [3.63, 3.8) is 0 Å². The predicted molar refractivity (Wildman–Crippen MR) is 104 cm³/mol. The van der Waals surface area contributed by atoms with Crippen LogP contribution in [0.25, 0.3) is 10.9 Å². The van der Waals surface area contributed by atoms with Gasteiger partial charge in [0, 0.05) is 23.2 Å². The van der Waals surface area contributed by atoms with Gasteiger partial charge in [0.05, 0.1) is 12.6 Å². The molecule has 0 N–H and O–H groups in total. The highest BCUT2D eigenvalue weighted by Crippen LogP contribution is 2.23. The molecule has 6 heteroatoms. The molecule has 3 rings (SSSR count). The van der Waals surface area contributed by atoms with Gasteiger partial charge in [-0.25, -0.2) is 0 Å². The van der Waals surface area contributed by atoms with E-state index in [1.807, 2.05) is 12.1 Å². The van der Waals surface area contributed by atoms with Gasteiger partial charge in [0.2, 0.25) is 0 Å². The molecule has 0 radical (unpaired) electrons. The van der Waals surface area contributed by atoms with Crippen LogP contribution in [0, 0.1) is 0 Å². The third-order valence-corrected chi connectivity index (χ3v) is 5.48. The molecule has 0 amide bonds. The molecule has 0 saturated carbocycles. The van der Waals surface area contributed by atoms with Crippen LogP contribution in [0.5, 0.6) is 0 Å². The fourth-order valence-electron chi connectivity index (χ4n) is 3.82. The molecule has 2 aromatic rings. The predicted octanol–water partition coefficient (Wildman–Crippen LogP) is 3.59. The van der Waals surface area contributed by atoms with Gasteiger partial charge in [-0.3, -0.25) is 19.1 Å². The quantitative estimate of drug-likeness (QED) is 0.748. The minimum absolute atomic E-state index is 0.114. The average Bonchev–Trinajstić information content (AvgIpc) is 2.65. The van der Waals surface area contributed by atoms with Crippen molar-refractivity contribution in [2.24, 2.45) is 0 Å². The zero-order chi connectivity index (χ0) is 18.7. The number of ether oxygens (including phenoxy) is 1. The first-order valence-corrected chi connectivity index (χ1v) is 9.54. The normalized spacial score (nSPS) is 18.2. The molecular formula is C20H25ClN2O3. The lowest BCUT2D eigenvalue weighted by Gasteiger charge is -2.35. The van der Waals surface area contributed by atoms with E-state index in [0.717, 1.165) is 24.8 Å². The third kappa shape index (κ3) is 3.94. The highest BCUT2D eigenvalue weighted by molar-refractivity contribution is 6.31. The Morgan fingerprint density at radius 1 is 1.31 bits per heavy atom. The maximum absolute atomic E-state index is 13.1. The molecule has 1 atom stereocenters. The van der Waals surface area contributed by atoms with Crippen LogP contribution in [0.15, 0.2) is 29.1 Å². The summed E-state index contributed by atoms with van der Waals surface area (Å²) < 4.78 is 6.25. The molecule has 1 aromatic heterocycles. The largest absolute Gasteiger partial charge is 0.468 e. The number of likely N-dealkylation sites (tertiary alicyclic amines) is 1. The second-order valence-corrected chi connectivity index (χ2v) is 7.30. The highest BCUT2D eigenvalue weighted by Gasteiger charge is 2.23. The first kappa shape index (κ1) is 18.9. The van der Waals surface area contributed by atoms with E-state index in [1.165, 1.54) is 24.5 Å². The van der Waals surface area contributed by atoms with Crippen molar-refractivity contribution in [2.75, 3.05) is 13.7 Å². The van der Waals surface area contributed by atoms with Crippen LogP contribution in [0.4, 0.5) is 0 Å². The van der Waals surface area contributed by atoms with E-state index in [1.54, 1.807) is 12.1 Å². The van der Waals surface area contributed by atoms with Crippen LogP contribution < -0.4 is 5.56 Å². The SMILES string of the molecule is CCC1CCCCN1Cc1cc2ccc(Cl)cc2n(CC(=O)OC)c1=O. The molecule has 1 aromatic carbocycles. The average molecular weight is 377 g/mol. The number of nitrogens with zero attached hydrogens (tertiary/aromatic N) is 2. The summed E-state index contributed by atoms with van der Waals surface area (Å²) in [6.07, 6.45) is 4.67. The van der Waals surface area contributed by atoms with Gasteiger partial charge in [-0.05, 0) is 49.4 Å². The number of methoxy groups -OCH3 is 1. The molecule has 0 aliphatic carbocycles. The molecule has 140 valence electrons. The Morgan fingerprint density at radius 3 is 2.85 bits per heavy atom. The summed E-state index contributed by atoms with van der Waals surface area (Å²) in [5.41, 5.74) is 1.22. The summed E-state index contributed by atoms with van der Waals surface area (Å²) in [6.45, 7) is 3.70. The Hall–Kier alpha value is -1.85. The van der Waals surface area contributed by atoms with Gasteiger partial charge >= 0.3 is 5.97 Å². The van der Waals surface area contributed by atoms with Crippen molar-refractivity contribution in [1.29, 1.82) is 0 Å². The molecule has 5 nitrogen and oxygen atoms in total. The number of aromatic nitrogens is 1. The first-order chi connectivity index (χ1) is 12.5. The second-order valence-electron chi connectivity index (χ2n) is 6.87. The van der Waals surface area contributed by atoms with Crippen molar-refractivity contribution in [3.8, 4) is 0 Å². The van der Waals surface area contributed by atoms with Crippen molar-refractivity contribution < 1.29 is 9.53 Å². The summed E-state index contributed by atoms with van der Waals surface area (Å²) in [7, 11) is 1.33. The Morgan fingerprint density at radius 2 is 2.12 bits per heavy atom. The van der Waals surface area contributed by atoms with Crippen LogP contribution in [-0.4, -0.2) is 35.1 Å². The second kappa shape index (κ2) is 8.23. The van der Waals surface area contributed by atoms with E-state index < -0.39 is 5.97 Å². The number of carbonyl (C=O) groups is 1. The maximum atomic E-state index is 13.1. The van der Waals surface area contributed by atoms with Gasteiger partial charge in [-0.15, -0.1) is 0 Å². The molecule has 1 fully saturated rings. The first-order valence-electron chi connectivity index (χ1n) is 9.16. The number of esters is 1. The number of hydrogen-bond donors (Lipinski definition) is 0. The van der Waals surface area contributed by atoms with E-state index >= 15 is 0 Å². The molecule has 26 heavy (non-hydrogen) atoms. The van der Waals surface area contributed by atoms with Gasteiger partial charge in [0.25, 0.3) is 5.56 Å². The van der Waals surface area contributed by atoms with Crippen molar-refractivity contribution in [3.05, 3.63) is 45.2 Å². The number of carbonyl (C=O) groups excluding carboxylic acids is 1. The van der Waals surface area contributed by atoms with Crippen LogP contribution in [-0.2, 0) is 22.6 Å². The van der Waals surface area contributed by atoms with E-state index in [2.05, 4.69) is 11.8 Å². The number of piperidine rings is 1. The maximum Gasteiger partial charge on any atom is 0.325 e. The molecular weight excluding hydrogens is 352 g/mol. The Kier molecular flexibility index (Phi) is 5.99. The molecule has 0 bridgehead atoms. The smallest absolute Gasteiger partial charge is 0.325 e. The van der Waals surface area contributed by atoms with Crippen molar-refractivity contribution in [1.82, 2.24) is 9.47 Å². The Bertz CT molecular complexity index is 862. The summed E-state index contributed by atoms with van der Waals surface area (Å²) >= 11 is 6.11. The Balaban J connectivity index is 2.05. The van der Waals surface area contributed by atoms with Gasteiger partial charge in [-0.2, -0.15) is 0 Å². The van der Waals surface area contributed by atoms with E-state index in [9.17, 15) is 9.59 Å². The van der Waals surface area contributed by atoms with Crippen molar-refractivity contribution >= 4 is 28.5 Å². The number of halogens is 1. The molecule has 2 heterocycles. The number of pyridine rings is 1. The molecule has 0 spiro atoms. The number of fused-ring (bicyclic) bond motifs is 1. The van der Waals surface area contributed by atoms with Crippen molar-refractivity contribution in [2.45, 2.75) is 51.7 Å². The van der Waals surface area contributed by atoms with Crippen LogP contribution in [0.2, 0.25) is 5.02 Å². The van der Waals surface area contributed by atoms with E-state index in [0.29, 0.717) is 28.7 Å². The van der Waals surface area contributed by atoms with Crippen LogP contribution in [0.3, 0.4) is 0 Å². The topological polar surface area (TPSA) is 51.5 Å². The lowest BCUT2D eigenvalue weighted by Crippen LogP contribution is -2.40. The van der Waals surface area contributed by atoms with Gasteiger partial charge in [0.15, 0.2) is 0 Å². The van der Waals surface area contributed by atoms with Gasteiger partial charge in [0.1, 0.15) is 6.54 Å². The monoisotopic (exact) mass is 376 g/mol. The fraction of sp³-hybridized carbons (Fsp3) is 0.500. The third-order valence-electron chi connectivity index (χ3n) is 5.24. The summed E-state index contributed by atoms with van der Waals surface area (Å²) in [6, 6.07) is 7.86. The summed E-state index contributed by atoms with van der Waals surface area (Å²) in [5.74, 6) is -0.449. The van der Waals surface area contributed by atoms with E-state index in [4.69, 9.17) is 16.3 Å². The zero-order valence-electron chi connectivity index (χ0n) is 15.3. The number of benzene rings is 1. The lowest BCUT2D eigenvalue weighted by atomic mass is 9.99. The highest BCUT2D eigenvalue weighted by atomic mass is 35.5. The summed E-state index contributed by atoms with van der Waals surface area (Å²) in [5, 5.41) is 1.43. The van der Waals surface area contributed by atoms with E-state index in [-0.39, 0.29) is 12.1 Å². The Labute approximate surface area is 158 Å². The fourth-order valence-corrected chi connectivity index (χ4v) is 3.98. The summed E-state index contributed by atoms with van der Waals surface area (Å²) in [4.78, 5) is 27.3. The van der Waals surface area contributed by atoms with Gasteiger partial charge < -0.3 is 4.74 Å². The molecule has 1 aliphatic heterocycles. The van der Waals surface area contributed by atoms with Gasteiger partial charge in [-0.1, -0.05) is 31.0 Å². The molecule has 1 aliphatic rings. The minimum Gasteiger partial charge on any atom is -0.468 e. The lowest BCUT2D eigenvalue weighted by molar-refractivity contribution is -0.141. The minimum atomic E-state index is -0.449.